The van der Waals surface area contributed by atoms with Crippen LogP contribution in [0, 0.1) is 5.41 Å². The van der Waals surface area contributed by atoms with E-state index in [1.165, 1.54) is 6.92 Å². The molecule has 0 saturated heterocycles. The second-order valence-electron chi connectivity index (χ2n) is 6.03. The molecule has 0 fully saturated rings. The molecule has 5 N–H and O–H groups in total. The van der Waals surface area contributed by atoms with Crippen LogP contribution in [-0.4, -0.2) is 69.9 Å². The number of esters is 1. The summed E-state index contributed by atoms with van der Waals surface area (Å²) in [7, 11) is 0. The van der Waals surface area contributed by atoms with Crippen LogP contribution in [-0.2, 0) is 19.1 Å². The Bertz CT molecular complexity index is 415. The van der Waals surface area contributed by atoms with Crippen molar-refractivity contribution in [2.24, 2.45) is 5.41 Å². The number of aliphatic hydroxyl groups excluding tert-OH is 3. The van der Waals surface area contributed by atoms with E-state index < -0.39 is 43.1 Å². The maximum Gasteiger partial charge on any atom is 0.333 e. The molecule has 9 heteroatoms. The van der Waals surface area contributed by atoms with Gasteiger partial charge in [0.05, 0.1) is 25.2 Å². The van der Waals surface area contributed by atoms with E-state index in [2.05, 4.69) is 6.58 Å². The van der Waals surface area contributed by atoms with Gasteiger partial charge in [-0.2, -0.15) is 0 Å². The van der Waals surface area contributed by atoms with Gasteiger partial charge in [0.1, 0.15) is 6.61 Å². The molecule has 0 amide bonds. The lowest BCUT2D eigenvalue weighted by molar-refractivity contribution is -0.146. The second-order valence-corrected chi connectivity index (χ2v) is 6.03. The number of aliphatic carboxylic acids is 2. The van der Waals surface area contributed by atoms with Gasteiger partial charge >= 0.3 is 17.9 Å². The minimum absolute atomic E-state index is 0.188. The number of aliphatic hydroxyl groups is 3. The molecule has 0 unspecified atom stereocenters. The number of carboxylic acids is 2. The van der Waals surface area contributed by atoms with E-state index in [1.54, 1.807) is 0 Å². The molecule has 0 saturated carbocycles. The highest BCUT2D eigenvalue weighted by atomic mass is 16.5. The minimum Gasteiger partial charge on any atom is -0.481 e. The van der Waals surface area contributed by atoms with Crippen LogP contribution in [0.1, 0.15) is 45.4 Å². The normalized spacial score (nSPS) is 10.5. The quantitative estimate of drug-likeness (QED) is 0.175. The number of carbonyl (C=O) groups excluding carboxylic acids is 1. The van der Waals surface area contributed by atoms with E-state index >= 15 is 0 Å². The first-order valence-corrected chi connectivity index (χ1v) is 8.23. The van der Waals surface area contributed by atoms with Crippen molar-refractivity contribution in [3.05, 3.63) is 12.2 Å². The van der Waals surface area contributed by atoms with Crippen molar-refractivity contribution in [3.8, 4) is 0 Å². The number of carboxylic acid groups (broad SMARTS) is 2. The van der Waals surface area contributed by atoms with Crippen LogP contribution in [0.3, 0.4) is 0 Å². The summed E-state index contributed by atoms with van der Waals surface area (Å²) in [6.45, 7) is 3.26. The molecule has 0 bridgehead atoms. The summed E-state index contributed by atoms with van der Waals surface area (Å²) in [4.78, 5) is 31.1. The molecule has 9 nitrogen and oxygen atoms in total. The fourth-order valence-electron chi connectivity index (χ4n) is 1.53. The van der Waals surface area contributed by atoms with Gasteiger partial charge in [-0.1, -0.05) is 19.4 Å². The maximum atomic E-state index is 11.0. The Labute approximate surface area is 152 Å². The fourth-order valence-corrected chi connectivity index (χ4v) is 1.53. The maximum absolute atomic E-state index is 11.0. The lowest BCUT2D eigenvalue weighted by Gasteiger charge is -2.26. The third kappa shape index (κ3) is 14.4. The molecule has 0 rings (SSSR count). The van der Waals surface area contributed by atoms with Gasteiger partial charge in [0, 0.05) is 18.4 Å². The Morgan fingerprint density at radius 1 is 0.846 bits per heavy atom. The molecular formula is C17H30O9. The SMILES string of the molecule is C=C(C)C(=O)OCC(CO)(CO)CO.O=C(O)CCCCCCC(=O)O. The van der Waals surface area contributed by atoms with Crippen LogP contribution in [0.25, 0.3) is 0 Å². The number of carbonyl (C=O) groups is 3. The summed E-state index contributed by atoms with van der Waals surface area (Å²) in [5.41, 5.74) is -0.946. The molecule has 0 atom stereocenters. The molecule has 26 heavy (non-hydrogen) atoms. The fraction of sp³-hybridized carbons (Fsp3) is 0.706. The van der Waals surface area contributed by atoms with Gasteiger partial charge in [0.15, 0.2) is 0 Å². The van der Waals surface area contributed by atoms with Crippen LogP contribution < -0.4 is 0 Å². The van der Waals surface area contributed by atoms with Gasteiger partial charge < -0.3 is 30.3 Å². The summed E-state index contributed by atoms with van der Waals surface area (Å²) >= 11 is 0. The Kier molecular flexibility index (Phi) is 15.5. The smallest absolute Gasteiger partial charge is 0.333 e. The highest BCUT2D eigenvalue weighted by molar-refractivity contribution is 5.86. The van der Waals surface area contributed by atoms with Gasteiger partial charge in [-0.15, -0.1) is 0 Å². The first-order chi connectivity index (χ1) is 12.1. The number of hydrogen-bond acceptors (Lipinski definition) is 7. The third-order valence-electron chi connectivity index (χ3n) is 3.40. The molecular weight excluding hydrogens is 348 g/mol. The van der Waals surface area contributed by atoms with Crippen molar-refractivity contribution < 1.29 is 44.7 Å². The average Bonchev–Trinajstić information content (AvgIpc) is 2.59. The van der Waals surface area contributed by atoms with Crippen LogP contribution in [0.4, 0.5) is 0 Å². The molecule has 0 spiro atoms. The van der Waals surface area contributed by atoms with Crippen molar-refractivity contribution in [1.82, 2.24) is 0 Å². The lowest BCUT2D eigenvalue weighted by atomic mass is 9.93. The largest absolute Gasteiger partial charge is 0.481 e. The average molecular weight is 378 g/mol. The third-order valence-corrected chi connectivity index (χ3v) is 3.40. The van der Waals surface area contributed by atoms with E-state index in [0.29, 0.717) is 12.8 Å². The first kappa shape index (κ1) is 26.3. The van der Waals surface area contributed by atoms with Crippen LogP contribution >= 0.6 is 0 Å². The monoisotopic (exact) mass is 378 g/mol. The highest BCUT2D eigenvalue weighted by Gasteiger charge is 2.30. The Hall–Kier alpha value is -1.97. The lowest BCUT2D eigenvalue weighted by Crippen LogP contribution is -2.39. The van der Waals surface area contributed by atoms with Crippen molar-refractivity contribution in [2.75, 3.05) is 26.4 Å². The van der Waals surface area contributed by atoms with Crippen molar-refractivity contribution in [3.63, 3.8) is 0 Å². The second kappa shape index (κ2) is 15.3. The summed E-state index contributed by atoms with van der Waals surface area (Å²) in [6.07, 6.45) is 3.28. The summed E-state index contributed by atoms with van der Waals surface area (Å²) in [6, 6.07) is 0. The number of rotatable bonds is 13. The highest BCUT2D eigenvalue weighted by Crippen LogP contribution is 2.15. The molecule has 0 aliphatic heterocycles. The zero-order valence-electron chi connectivity index (χ0n) is 15.1. The molecule has 0 radical (unpaired) electrons. The van der Waals surface area contributed by atoms with E-state index in [4.69, 9.17) is 30.3 Å². The summed E-state index contributed by atoms with van der Waals surface area (Å²) in [5, 5.41) is 43.2. The molecule has 0 aliphatic carbocycles. The summed E-state index contributed by atoms with van der Waals surface area (Å²) < 4.78 is 4.72. The predicted molar refractivity (Wildman–Crippen MR) is 92.4 cm³/mol. The van der Waals surface area contributed by atoms with E-state index in [1.807, 2.05) is 0 Å². The van der Waals surface area contributed by atoms with Crippen molar-refractivity contribution >= 4 is 17.9 Å². The number of ether oxygens (including phenoxy) is 1. The number of hydrogen-bond donors (Lipinski definition) is 5. The molecule has 0 aromatic carbocycles. The van der Waals surface area contributed by atoms with E-state index in [0.717, 1.165) is 12.8 Å². The first-order valence-electron chi connectivity index (χ1n) is 8.23. The van der Waals surface area contributed by atoms with Gasteiger partial charge in [-0.25, -0.2) is 4.79 Å². The molecule has 152 valence electrons. The van der Waals surface area contributed by atoms with Crippen molar-refractivity contribution in [2.45, 2.75) is 45.4 Å². The zero-order chi connectivity index (χ0) is 20.6. The summed E-state index contributed by atoms with van der Waals surface area (Å²) in [5.74, 6) is -2.17. The Morgan fingerprint density at radius 2 is 1.23 bits per heavy atom. The van der Waals surface area contributed by atoms with E-state index in [9.17, 15) is 14.4 Å². The zero-order valence-corrected chi connectivity index (χ0v) is 15.1. The standard InChI is InChI=1S/C9H16O5.C8H14O4/c1-7(2)8(13)14-6-9(3-10,4-11)5-12;9-7(10)5-3-1-2-4-6-8(11)12/h10-12H,1,3-6H2,2H3;1-6H2,(H,9,10)(H,11,12). The topological polar surface area (TPSA) is 162 Å². The molecule has 0 heterocycles. The van der Waals surface area contributed by atoms with Gasteiger partial charge in [-0.3, -0.25) is 9.59 Å². The Morgan fingerprint density at radius 3 is 1.50 bits per heavy atom. The van der Waals surface area contributed by atoms with E-state index in [-0.39, 0.29) is 25.0 Å². The molecule has 0 aliphatic rings. The minimum atomic E-state index is -1.18. The predicted octanol–water partition coefficient (Wildman–Crippen LogP) is 0.565. The van der Waals surface area contributed by atoms with Gasteiger partial charge in [0.2, 0.25) is 0 Å². The van der Waals surface area contributed by atoms with Gasteiger partial charge in [-0.05, 0) is 19.8 Å². The number of unbranched alkanes of at least 4 members (excludes halogenated alkanes) is 3. The van der Waals surface area contributed by atoms with Crippen LogP contribution in [0.15, 0.2) is 12.2 Å². The van der Waals surface area contributed by atoms with Crippen LogP contribution in [0.2, 0.25) is 0 Å². The van der Waals surface area contributed by atoms with Crippen molar-refractivity contribution in [1.29, 1.82) is 0 Å². The Balaban J connectivity index is 0. The molecule has 0 aromatic heterocycles. The van der Waals surface area contributed by atoms with Gasteiger partial charge in [0.25, 0.3) is 0 Å². The van der Waals surface area contributed by atoms with Crippen LogP contribution in [0.5, 0.6) is 0 Å². The molecule has 0 aromatic rings.